The number of aromatic nitrogens is 1. The molecule has 1 aromatic carbocycles. The van der Waals surface area contributed by atoms with Gasteiger partial charge in [0.2, 0.25) is 0 Å². The van der Waals surface area contributed by atoms with Crippen LogP contribution in [-0.4, -0.2) is 34.6 Å². The molecular weight excluding hydrogens is 350 g/mol. The van der Waals surface area contributed by atoms with Crippen LogP contribution in [0, 0.1) is 17.0 Å². The van der Waals surface area contributed by atoms with Gasteiger partial charge in [-0.2, -0.15) is 0 Å². The molecule has 0 saturated carbocycles. The van der Waals surface area contributed by atoms with Crippen LogP contribution in [0.3, 0.4) is 0 Å². The van der Waals surface area contributed by atoms with Crippen molar-refractivity contribution in [2.75, 3.05) is 13.2 Å². The largest absolute Gasteiger partial charge is 0.488 e. The van der Waals surface area contributed by atoms with E-state index in [4.69, 9.17) is 9.47 Å². The van der Waals surface area contributed by atoms with Crippen LogP contribution in [0.5, 0.6) is 11.5 Å². The summed E-state index contributed by atoms with van der Waals surface area (Å²) < 4.78 is 11.7. The van der Waals surface area contributed by atoms with Gasteiger partial charge in [-0.15, -0.1) is 0 Å². The van der Waals surface area contributed by atoms with Crippen molar-refractivity contribution in [2.45, 2.75) is 32.8 Å². The van der Waals surface area contributed by atoms with E-state index in [1.165, 1.54) is 6.07 Å². The smallest absolute Gasteiger partial charge is 0.288 e. The molecule has 142 valence electrons. The molecule has 3 rings (SSSR count). The number of carbonyl (C=O) groups is 1. The molecule has 1 aromatic heterocycles. The number of nitrogens with zero attached hydrogens (tertiary/aromatic N) is 2. The monoisotopic (exact) mass is 371 g/mol. The number of aryl methyl sites for hydroxylation is 1. The zero-order valence-corrected chi connectivity index (χ0v) is 15.4. The lowest BCUT2D eigenvalue weighted by molar-refractivity contribution is -0.385. The Morgan fingerprint density at radius 3 is 2.96 bits per heavy atom. The van der Waals surface area contributed by atoms with Gasteiger partial charge in [0.25, 0.3) is 11.6 Å². The van der Waals surface area contributed by atoms with Crippen LogP contribution in [0.25, 0.3) is 0 Å². The molecule has 0 atom stereocenters. The van der Waals surface area contributed by atoms with Crippen molar-refractivity contribution in [2.24, 2.45) is 0 Å². The van der Waals surface area contributed by atoms with E-state index >= 15 is 0 Å². The van der Waals surface area contributed by atoms with Crippen LogP contribution in [0.1, 0.15) is 35.5 Å². The molecule has 1 aliphatic rings. The van der Waals surface area contributed by atoms with E-state index in [1.54, 1.807) is 6.92 Å². The lowest BCUT2D eigenvalue weighted by Crippen LogP contribution is -2.29. The van der Waals surface area contributed by atoms with Crippen molar-refractivity contribution >= 4 is 11.6 Å². The summed E-state index contributed by atoms with van der Waals surface area (Å²) >= 11 is 0. The van der Waals surface area contributed by atoms with Crippen molar-refractivity contribution in [1.82, 2.24) is 10.3 Å². The number of nitro groups is 1. The van der Waals surface area contributed by atoms with Crippen molar-refractivity contribution in [3.63, 3.8) is 0 Å². The van der Waals surface area contributed by atoms with Crippen molar-refractivity contribution in [1.29, 1.82) is 0 Å². The van der Waals surface area contributed by atoms with Gasteiger partial charge in [-0.3, -0.25) is 19.9 Å². The normalized spacial score (nSPS) is 14.2. The maximum Gasteiger partial charge on any atom is 0.288 e. The second-order valence-corrected chi connectivity index (χ2v) is 6.97. The van der Waals surface area contributed by atoms with Gasteiger partial charge in [-0.05, 0) is 26.8 Å². The van der Waals surface area contributed by atoms with Gasteiger partial charge in [-0.25, -0.2) is 0 Å². The Bertz CT molecular complexity index is 895. The van der Waals surface area contributed by atoms with Crippen LogP contribution in [0.4, 0.5) is 5.69 Å². The number of carbonyl (C=O) groups excluding carboxylic acids is 1. The highest BCUT2D eigenvalue weighted by atomic mass is 16.6. The molecule has 2 aromatic rings. The SMILES string of the molecule is Cc1ncc([N+](=O)[O-])cc1C(=O)NCCOc1cccc2c1OC(C)(C)C2. The third-order valence-electron chi connectivity index (χ3n) is 4.23. The van der Waals surface area contributed by atoms with E-state index in [9.17, 15) is 14.9 Å². The average molecular weight is 371 g/mol. The van der Waals surface area contributed by atoms with Crippen molar-refractivity contribution in [3.05, 3.63) is 57.4 Å². The molecule has 0 saturated heterocycles. The summed E-state index contributed by atoms with van der Waals surface area (Å²) in [4.78, 5) is 26.4. The Morgan fingerprint density at radius 1 is 1.44 bits per heavy atom. The van der Waals surface area contributed by atoms with Crippen LogP contribution in [0.15, 0.2) is 30.5 Å². The van der Waals surface area contributed by atoms with Gasteiger partial charge >= 0.3 is 0 Å². The number of hydrogen-bond acceptors (Lipinski definition) is 6. The third kappa shape index (κ3) is 4.16. The molecule has 0 bridgehead atoms. The average Bonchev–Trinajstić information content (AvgIpc) is 2.93. The molecule has 1 N–H and O–H groups in total. The summed E-state index contributed by atoms with van der Waals surface area (Å²) in [6, 6.07) is 6.97. The molecule has 0 aliphatic carbocycles. The zero-order chi connectivity index (χ0) is 19.6. The summed E-state index contributed by atoms with van der Waals surface area (Å²) in [7, 11) is 0. The minimum absolute atomic E-state index is 0.176. The number of rotatable bonds is 6. The first-order chi connectivity index (χ1) is 12.8. The summed E-state index contributed by atoms with van der Waals surface area (Å²) in [6.45, 7) is 6.15. The molecule has 8 nitrogen and oxygen atoms in total. The van der Waals surface area contributed by atoms with Crippen LogP contribution < -0.4 is 14.8 Å². The number of amides is 1. The fraction of sp³-hybridized carbons (Fsp3) is 0.368. The van der Waals surface area contributed by atoms with Gasteiger partial charge < -0.3 is 14.8 Å². The van der Waals surface area contributed by atoms with Gasteiger partial charge in [0.15, 0.2) is 11.5 Å². The fourth-order valence-electron chi connectivity index (χ4n) is 2.97. The molecule has 0 spiro atoms. The lowest BCUT2D eigenvalue weighted by atomic mass is 10.0. The van der Waals surface area contributed by atoms with Gasteiger partial charge in [0.1, 0.15) is 18.4 Å². The van der Waals surface area contributed by atoms with Gasteiger partial charge in [-0.1, -0.05) is 12.1 Å². The molecule has 0 radical (unpaired) electrons. The van der Waals surface area contributed by atoms with E-state index in [0.29, 0.717) is 11.4 Å². The van der Waals surface area contributed by atoms with Crippen molar-refractivity contribution < 1.29 is 19.2 Å². The number of pyridine rings is 1. The highest BCUT2D eigenvalue weighted by Crippen LogP contribution is 2.41. The molecular formula is C19H21N3O5. The number of hydrogen-bond donors (Lipinski definition) is 1. The topological polar surface area (TPSA) is 104 Å². The van der Waals surface area contributed by atoms with E-state index in [0.717, 1.165) is 23.9 Å². The maximum atomic E-state index is 12.3. The number of fused-ring (bicyclic) bond motifs is 1. The predicted octanol–water partition coefficient (Wildman–Crippen LogP) is 2.82. The molecule has 1 aliphatic heterocycles. The Labute approximate surface area is 156 Å². The van der Waals surface area contributed by atoms with Crippen LogP contribution in [-0.2, 0) is 6.42 Å². The number of ether oxygens (including phenoxy) is 2. The highest BCUT2D eigenvalue weighted by Gasteiger charge is 2.32. The maximum absolute atomic E-state index is 12.3. The third-order valence-corrected chi connectivity index (χ3v) is 4.23. The molecule has 8 heteroatoms. The number of para-hydroxylation sites is 1. The lowest BCUT2D eigenvalue weighted by Gasteiger charge is -2.18. The summed E-state index contributed by atoms with van der Waals surface area (Å²) in [5, 5.41) is 13.5. The predicted molar refractivity (Wildman–Crippen MR) is 98.3 cm³/mol. The Balaban J connectivity index is 1.58. The van der Waals surface area contributed by atoms with Crippen LogP contribution >= 0.6 is 0 Å². The van der Waals surface area contributed by atoms with E-state index in [1.807, 2.05) is 32.0 Å². The van der Waals surface area contributed by atoms with E-state index in [2.05, 4.69) is 10.3 Å². The van der Waals surface area contributed by atoms with Gasteiger partial charge in [0.05, 0.1) is 22.7 Å². The molecule has 0 fully saturated rings. The first-order valence-electron chi connectivity index (χ1n) is 8.60. The summed E-state index contributed by atoms with van der Waals surface area (Å²) in [5.41, 5.74) is 1.22. The summed E-state index contributed by atoms with van der Waals surface area (Å²) in [6.07, 6.45) is 1.95. The Morgan fingerprint density at radius 2 is 2.22 bits per heavy atom. The van der Waals surface area contributed by atoms with Crippen LogP contribution in [0.2, 0.25) is 0 Å². The minimum Gasteiger partial charge on any atom is -0.488 e. The van der Waals surface area contributed by atoms with E-state index in [-0.39, 0.29) is 30.0 Å². The molecule has 1 amide bonds. The molecule has 2 heterocycles. The van der Waals surface area contributed by atoms with Gasteiger partial charge in [0, 0.05) is 18.1 Å². The standard InChI is InChI=1S/C19H21N3O5/c1-12-15(9-14(11-21-12)22(24)25)18(23)20-7-8-26-16-6-4-5-13-10-19(2,3)27-17(13)16/h4-6,9,11H,7-8,10H2,1-3H3,(H,20,23). The number of benzene rings is 1. The fourth-order valence-corrected chi connectivity index (χ4v) is 2.97. The second kappa shape index (κ2) is 7.22. The zero-order valence-electron chi connectivity index (χ0n) is 15.4. The minimum atomic E-state index is -0.580. The Kier molecular flexibility index (Phi) is 4.98. The first kappa shape index (κ1) is 18.6. The summed E-state index contributed by atoms with van der Waals surface area (Å²) in [5.74, 6) is 0.955. The molecule has 27 heavy (non-hydrogen) atoms. The van der Waals surface area contributed by atoms with E-state index < -0.39 is 10.8 Å². The quantitative estimate of drug-likeness (QED) is 0.476. The number of nitrogens with one attached hydrogen (secondary N) is 1. The molecule has 0 unspecified atom stereocenters. The van der Waals surface area contributed by atoms with Crippen molar-refractivity contribution in [3.8, 4) is 11.5 Å². The first-order valence-corrected chi connectivity index (χ1v) is 8.60. The highest BCUT2D eigenvalue weighted by molar-refractivity contribution is 5.95. The second-order valence-electron chi connectivity index (χ2n) is 6.97. The Hall–Kier alpha value is -3.16.